The average Bonchev–Trinajstić information content (AvgIpc) is 3.34. The standard InChI is InChI=1S/C35H26ClF2N3O4S/c1-20-31(33(42)40-26-6-4-3-5-7-26)32(22-9-11-24(36)12-10-22)41-34(43)30(46-35(41)39-20)17-21-8-14-28(44-2)23(16-21)19-45-29-15-13-25(37)18-27(29)38/h3-18,32H,19H2,1-2H3,(H,40,42)/t32-/m1/s1. The number of ether oxygens (including phenoxy) is 2. The van der Waals surface area contributed by atoms with Crippen LogP contribution in [-0.2, 0) is 11.4 Å². The topological polar surface area (TPSA) is 81.9 Å². The van der Waals surface area contributed by atoms with Crippen LogP contribution in [0.3, 0.4) is 0 Å². The van der Waals surface area contributed by atoms with Crippen molar-refractivity contribution in [1.29, 1.82) is 0 Å². The Bertz CT molecular complexity index is 2160. The van der Waals surface area contributed by atoms with Crippen molar-refractivity contribution in [1.82, 2.24) is 4.57 Å². The first kappa shape index (κ1) is 30.9. The Hall–Kier alpha value is -5.06. The van der Waals surface area contributed by atoms with Gasteiger partial charge < -0.3 is 14.8 Å². The highest BCUT2D eigenvalue weighted by Crippen LogP contribution is 2.31. The number of allylic oxidation sites excluding steroid dienone is 1. The second-order valence-electron chi connectivity index (χ2n) is 10.4. The number of hydrogen-bond donors (Lipinski definition) is 1. The number of fused-ring (bicyclic) bond motifs is 1. The highest BCUT2D eigenvalue weighted by atomic mass is 35.5. The molecule has 0 bridgehead atoms. The molecule has 4 aromatic carbocycles. The summed E-state index contributed by atoms with van der Waals surface area (Å²) in [7, 11) is 1.50. The fraction of sp³-hybridized carbons (Fsp3) is 0.114. The number of benzene rings is 4. The Morgan fingerprint density at radius 2 is 1.76 bits per heavy atom. The molecule has 1 N–H and O–H groups in total. The van der Waals surface area contributed by atoms with E-state index in [9.17, 15) is 18.4 Å². The summed E-state index contributed by atoms with van der Waals surface area (Å²) in [5, 5.41) is 3.45. The van der Waals surface area contributed by atoms with Crippen molar-refractivity contribution in [3.05, 3.63) is 155 Å². The largest absolute Gasteiger partial charge is 0.496 e. The van der Waals surface area contributed by atoms with Crippen molar-refractivity contribution in [3.8, 4) is 11.5 Å². The zero-order chi connectivity index (χ0) is 32.4. The molecule has 11 heteroatoms. The quantitative estimate of drug-likeness (QED) is 0.210. The van der Waals surface area contributed by atoms with Crippen LogP contribution in [-0.4, -0.2) is 17.6 Å². The molecular weight excluding hydrogens is 632 g/mol. The SMILES string of the molecule is COc1ccc(C=c2sc3n(c2=O)[C@H](c2ccc(Cl)cc2)C(C(=O)Nc2ccccc2)=C(C)N=3)cc1COc1ccc(F)cc1F. The molecule has 0 fully saturated rings. The Labute approximate surface area is 271 Å². The highest BCUT2D eigenvalue weighted by Gasteiger charge is 2.32. The van der Waals surface area contributed by atoms with E-state index in [1.807, 2.05) is 18.2 Å². The van der Waals surface area contributed by atoms with Gasteiger partial charge in [-0.1, -0.05) is 59.3 Å². The van der Waals surface area contributed by atoms with E-state index >= 15 is 0 Å². The number of thiazole rings is 1. The van der Waals surface area contributed by atoms with Crippen LogP contribution >= 0.6 is 22.9 Å². The number of nitrogens with one attached hydrogen (secondary N) is 1. The Kier molecular flexibility index (Phi) is 8.83. The normalized spacial score (nSPS) is 14.5. The molecule has 0 spiro atoms. The van der Waals surface area contributed by atoms with Gasteiger partial charge in [0.1, 0.15) is 18.2 Å². The third-order valence-electron chi connectivity index (χ3n) is 7.36. The van der Waals surface area contributed by atoms with E-state index in [-0.39, 0.29) is 23.8 Å². The highest BCUT2D eigenvalue weighted by molar-refractivity contribution is 7.07. The lowest BCUT2D eigenvalue weighted by atomic mass is 9.95. The molecule has 1 aliphatic heterocycles. The van der Waals surface area contributed by atoms with E-state index in [0.29, 0.717) is 53.8 Å². The van der Waals surface area contributed by atoms with E-state index in [2.05, 4.69) is 10.3 Å². The molecule has 5 aromatic rings. The van der Waals surface area contributed by atoms with Crippen LogP contribution in [0.15, 0.2) is 112 Å². The number of anilines is 1. The number of amides is 1. The minimum atomic E-state index is -0.821. The second kappa shape index (κ2) is 13.1. The fourth-order valence-electron chi connectivity index (χ4n) is 5.19. The molecule has 1 amide bonds. The molecule has 0 unspecified atom stereocenters. The summed E-state index contributed by atoms with van der Waals surface area (Å²) >= 11 is 7.38. The molecule has 7 nitrogen and oxygen atoms in total. The number of methoxy groups -OCH3 is 1. The van der Waals surface area contributed by atoms with Gasteiger partial charge in [0.15, 0.2) is 16.4 Å². The van der Waals surface area contributed by atoms with Crippen LogP contribution in [0.4, 0.5) is 14.5 Å². The molecule has 1 atom stereocenters. The minimum absolute atomic E-state index is 0.0652. The first-order valence-electron chi connectivity index (χ1n) is 14.1. The van der Waals surface area contributed by atoms with Crippen molar-refractivity contribution in [3.63, 3.8) is 0 Å². The first-order chi connectivity index (χ1) is 22.2. The molecule has 1 aliphatic rings. The number of halogens is 3. The molecule has 0 aliphatic carbocycles. The van der Waals surface area contributed by atoms with Gasteiger partial charge in [0, 0.05) is 22.3 Å². The molecule has 0 saturated heterocycles. The van der Waals surface area contributed by atoms with Crippen molar-refractivity contribution in [2.75, 3.05) is 12.4 Å². The first-order valence-corrected chi connectivity index (χ1v) is 15.3. The van der Waals surface area contributed by atoms with Gasteiger partial charge >= 0.3 is 0 Å². The van der Waals surface area contributed by atoms with E-state index in [1.165, 1.54) is 29.1 Å². The molecule has 232 valence electrons. The maximum absolute atomic E-state index is 14.2. The predicted octanol–water partition coefficient (Wildman–Crippen LogP) is 6.39. The van der Waals surface area contributed by atoms with Gasteiger partial charge in [0.25, 0.3) is 11.5 Å². The van der Waals surface area contributed by atoms with Gasteiger partial charge in [-0.3, -0.25) is 14.2 Å². The van der Waals surface area contributed by atoms with Gasteiger partial charge in [-0.15, -0.1) is 0 Å². The van der Waals surface area contributed by atoms with Gasteiger partial charge in [-0.05, 0) is 72.7 Å². The number of nitrogens with zero attached hydrogens (tertiary/aromatic N) is 2. The maximum Gasteiger partial charge on any atom is 0.271 e. The van der Waals surface area contributed by atoms with Crippen LogP contribution in [0, 0.1) is 11.6 Å². The monoisotopic (exact) mass is 657 g/mol. The van der Waals surface area contributed by atoms with Crippen molar-refractivity contribution < 1.29 is 23.0 Å². The summed E-state index contributed by atoms with van der Waals surface area (Å²) in [6.45, 7) is 1.68. The number of aromatic nitrogens is 1. The van der Waals surface area contributed by atoms with E-state index in [4.69, 9.17) is 21.1 Å². The zero-order valence-corrected chi connectivity index (χ0v) is 26.2. The van der Waals surface area contributed by atoms with Gasteiger partial charge in [0.05, 0.1) is 29.0 Å². The lowest BCUT2D eigenvalue weighted by Crippen LogP contribution is -2.40. The van der Waals surface area contributed by atoms with Crippen LogP contribution in [0.2, 0.25) is 5.02 Å². The molecule has 1 aromatic heterocycles. The van der Waals surface area contributed by atoms with E-state index in [0.717, 1.165) is 12.1 Å². The minimum Gasteiger partial charge on any atom is -0.496 e. The molecular formula is C35H26ClF2N3O4S. The molecule has 6 rings (SSSR count). The Morgan fingerprint density at radius 1 is 1.02 bits per heavy atom. The molecule has 0 saturated carbocycles. The smallest absolute Gasteiger partial charge is 0.271 e. The number of carbonyl (C=O) groups is 1. The number of hydrogen-bond acceptors (Lipinski definition) is 6. The van der Waals surface area contributed by atoms with Gasteiger partial charge in [-0.25, -0.2) is 13.8 Å². The fourth-order valence-corrected chi connectivity index (χ4v) is 6.37. The number of rotatable bonds is 8. The summed E-state index contributed by atoms with van der Waals surface area (Å²) in [5.74, 6) is -1.51. The van der Waals surface area contributed by atoms with Crippen LogP contribution in [0.5, 0.6) is 11.5 Å². The lowest BCUT2D eigenvalue weighted by molar-refractivity contribution is -0.113. The lowest BCUT2D eigenvalue weighted by Gasteiger charge is -2.25. The number of para-hydroxylation sites is 1. The van der Waals surface area contributed by atoms with Gasteiger partial charge in [-0.2, -0.15) is 0 Å². The van der Waals surface area contributed by atoms with E-state index < -0.39 is 17.7 Å². The van der Waals surface area contributed by atoms with Crippen LogP contribution in [0.1, 0.15) is 29.7 Å². The van der Waals surface area contributed by atoms with Crippen LogP contribution in [0.25, 0.3) is 6.08 Å². The Balaban J connectivity index is 1.40. The van der Waals surface area contributed by atoms with Gasteiger partial charge in [0.2, 0.25) is 0 Å². The van der Waals surface area contributed by atoms with Crippen LogP contribution < -0.4 is 29.7 Å². The molecule has 0 radical (unpaired) electrons. The van der Waals surface area contributed by atoms with Crippen molar-refractivity contribution >= 4 is 40.6 Å². The predicted molar refractivity (Wildman–Crippen MR) is 174 cm³/mol. The summed E-state index contributed by atoms with van der Waals surface area (Å²) in [4.78, 5) is 32.9. The van der Waals surface area contributed by atoms with Crippen molar-refractivity contribution in [2.24, 2.45) is 4.99 Å². The molecule has 2 heterocycles. The zero-order valence-electron chi connectivity index (χ0n) is 24.6. The number of carbonyl (C=O) groups excluding carboxylic acids is 1. The second-order valence-corrected chi connectivity index (χ2v) is 11.8. The maximum atomic E-state index is 14.2. The molecule has 46 heavy (non-hydrogen) atoms. The third-order valence-corrected chi connectivity index (χ3v) is 8.60. The Morgan fingerprint density at radius 3 is 2.48 bits per heavy atom. The van der Waals surface area contributed by atoms with E-state index in [1.54, 1.807) is 67.6 Å². The average molecular weight is 658 g/mol. The van der Waals surface area contributed by atoms with Crippen molar-refractivity contribution in [2.45, 2.75) is 19.6 Å². The summed E-state index contributed by atoms with van der Waals surface area (Å²) in [6.07, 6.45) is 1.72. The summed E-state index contributed by atoms with van der Waals surface area (Å²) < 4.78 is 40.5. The summed E-state index contributed by atoms with van der Waals surface area (Å²) in [6, 6.07) is 23.6. The third kappa shape index (κ3) is 6.35. The summed E-state index contributed by atoms with van der Waals surface area (Å²) in [5.41, 5.74) is 3.04.